The lowest BCUT2D eigenvalue weighted by atomic mass is 10.1. The summed E-state index contributed by atoms with van der Waals surface area (Å²) < 4.78 is 30.3. The normalized spacial score (nSPS) is 12.6. The zero-order valence-electron chi connectivity index (χ0n) is 15.9. The van der Waals surface area contributed by atoms with Crippen molar-refractivity contribution < 1.29 is 13.2 Å². The predicted octanol–water partition coefficient (Wildman–Crippen LogP) is 4.03. The van der Waals surface area contributed by atoms with E-state index in [9.17, 15) is 8.42 Å². The number of guanidine groups is 1. The number of benzene rings is 2. The molecule has 11 heteroatoms. The number of anilines is 1. The Balaban J connectivity index is 0.00000420. The van der Waals surface area contributed by atoms with Gasteiger partial charge in [0.1, 0.15) is 12.4 Å². The van der Waals surface area contributed by atoms with Crippen LogP contribution in [-0.4, -0.2) is 33.8 Å². The van der Waals surface area contributed by atoms with Gasteiger partial charge in [-0.2, -0.15) is 0 Å². The lowest BCUT2D eigenvalue weighted by molar-refractivity contribution is 0.328. The van der Waals surface area contributed by atoms with Crippen molar-refractivity contribution in [3.05, 3.63) is 58.1 Å². The Morgan fingerprint density at radius 3 is 2.45 bits per heavy atom. The highest BCUT2D eigenvalue weighted by atomic mass is 127. The number of aliphatic imine (C=N–C) groups is 1. The molecular formula is C18H23Cl2IN4O3S. The van der Waals surface area contributed by atoms with E-state index in [0.717, 1.165) is 11.8 Å². The number of sulfonamides is 1. The number of hydrogen-bond acceptors (Lipinski definition) is 4. The molecule has 2 aromatic rings. The molecule has 0 bridgehead atoms. The van der Waals surface area contributed by atoms with Gasteiger partial charge in [-0.1, -0.05) is 29.3 Å². The van der Waals surface area contributed by atoms with Gasteiger partial charge in [0, 0.05) is 15.7 Å². The number of ether oxygens (including phenoxy) is 1. The van der Waals surface area contributed by atoms with E-state index in [1.807, 2.05) is 13.0 Å². The molecule has 0 aliphatic rings. The van der Waals surface area contributed by atoms with Crippen LogP contribution in [0.25, 0.3) is 0 Å². The first-order valence-corrected chi connectivity index (χ1v) is 11.0. The molecular weight excluding hydrogens is 550 g/mol. The van der Waals surface area contributed by atoms with E-state index in [2.05, 4.69) is 15.0 Å². The Kier molecular flexibility index (Phi) is 10.3. The lowest BCUT2D eigenvalue weighted by Crippen LogP contribution is -2.34. The van der Waals surface area contributed by atoms with Crippen LogP contribution in [0.15, 0.2) is 47.5 Å². The van der Waals surface area contributed by atoms with Crippen LogP contribution in [0.2, 0.25) is 10.0 Å². The molecule has 29 heavy (non-hydrogen) atoms. The molecule has 0 amide bonds. The SMILES string of the molecule is CC(NC(N)=NCCOc1ccc(NS(C)(=O)=O)cc1)c1ccc(Cl)cc1Cl.I. The second-order valence-corrected chi connectivity index (χ2v) is 8.64. The van der Waals surface area contributed by atoms with Crippen LogP contribution in [-0.2, 0) is 10.0 Å². The van der Waals surface area contributed by atoms with E-state index in [-0.39, 0.29) is 36.0 Å². The molecule has 7 nitrogen and oxygen atoms in total. The van der Waals surface area contributed by atoms with Gasteiger partial charge >= 0.3 is 0 Å². The highest BCUT2D eigenvalue weighted by molar-refractivity contribution is 14.0. The molecule has 0 radical (unpaired) electrons. The van der Waals surface area contributed by atoms with E-state index >= 15 is 0 Å². The van der Waals surface area contributed by atoms with Gasteiger partial charge in [0.2, 0.25) is 10.0 Å². The molecule has 4 N–H and O–H groups in total. The number of halogens is 3. The summed E-state index contributed by atoms with van der Waals surface area (Å²) in [4.78, 5) is 4.22. The van der Waals surface area contributed by atoms with Crippen molar-refractivity contribution in [2.75, 3.05) is 24.1 Å². The molecule has 0 aliphatic carbocycles. The maximum absolute atomic E-state index is 11.2. The first-order valence-electron chi connectivity index (χ1n) is 8.36. The average molecular weight is 573 g/mol. The Bertz CT molecular complexity index is 941. The molecule has 0 spiro atoms. The second kappa shape index (κ2) is 11.7. The quantitative estimate of drug-likeness (QED) is 0.192. The first-order chi connectivity index (χ1) is 13.1. The Morgan fingerprint density at radius 1 is 1.21 bits per heavy atom. The predicted molar refractivity (Wildman–Crippen MR) is 130 cm³/mol. The molecule has 0 saturated heterocycles. The fourth-order valence-corrected chi connectivity index (χ4v) is 3.50. The zero-order valence-corrected chi connectivity index (χ0v) is 20.5. The van der Waals surface area contributed by atoms with E-state index in [0.29, 0.717) is 34.6 Å². The summed E-state index contributed by atoms with van der Waals surface area (Å²) in [6.07, 6.45) is 1.09. The van der Waals surface area contributed by atoms with E-state index < -0.39 is 10.0 Å². The molecule has 0 heterocycles. The van der Waals surface area contributed by atoms with Gasteiger partial charge in [-0.25, -0.2) is 13.4 Å². The smallest absolute Gasteiger partial charge is 0.229 e. The van der Waals surface area contributed by atoms with Crippen LogP contribution in [0.4, 0.5) is 5.69 Å². The maximum Gasteiger partial charge on any atom is 0.229 e. The highest BCUT2D eigenvalue weighted by Crippen LogP contribution is 2.25. The van der Waals surface area contributed by atoms with Crippen LogP contribution in [0.3, 0.4) is 0 Å². The number of nitrogens with one attached hydrogen (secondary N) is 2. The number of hydrogen-bond donors (Lipinski definition) is 3. The minimum absolute atomic E-state index is 0. The van der Waals surface area contributed by atoms with Gasteiger partial charge in [-0.15, -0.1) is 24.0 Å². The highest BCUT2D eigenvalue weighted by Gasteiger charge is 2.10. The Labute approximate surface area is 198 Å². The molecule has 0 aliphatic heterocycles. The van der Waals surface area contributed by atoms with E-state index in [4.69, 9.17) is 33.7 Å². The van der Waals surface area contributed by atoms with Gasteiger partial charge in [0.25, 0.3) is 0 Å². The summed E-state index contributed by atoms with van der Waals surface area (Å²) >= 11 is 12.1. The summed E-state index contributed by atoms with van der Waals surface area (Å²) in [5.74, 6) is 0.872. The van der Waals surface area contributed by atoms with Crippen LogP contribution in [0, 0.1) is 0 Å². The van der Waals surface area contributed by atoms with Crippen LogP contribution in [0.5, 0.6) is 5.75 Å². The number of nitrogens with two attached hydrogens (primary N) is 1. The number of nitrogens with zero attached hydrogens (tertiary/aromatic N) is 1. The van der Waals surface area contributed by atoms with Crippen LogP contribution in [0.1, 0.15) is 18.5 Å². The monoisotopic (exact) mass is 572 g/mol. The van der Waals surface area contributed by atoms with Gasteiger partial charge < -0.3 is 15.8 Å². The van der Waals surface area contributed by atoms with Gasteiger partial charge in [0.15, 0.2) is 5.96 Å². The fourth-order valence-electron chi connectivity index (χ4n) is 2.36. The van der Waals surface area contributed by atoms with Crippen LogP contribution < -0.4 is 20.5 Å². The third kappa shape index (κ3) is 9.28. The lowest BCUT2D eigenvalue weighted by Gasteiger charge is -2.16. The largest absolute Gasteiger partial charge is 0.492 e. The number of rotatable bonds is 8. The van der Waals surface area contributed by atoms with Crippen molar-refractivity contribution in [1.82, 2.24) is 5.32 Å². The Morgan fingerprint density at radius 2 is 1.86 bits per heavy atom. The van der Waals surface area contributed by atoms with Crippen molar-refractivity contribution in [3.8, 4) is 5.75 Å². The average Bonchev–Trinajstić information content (AvgIpc) is 2.58. The van der Waals surface area contributed by atoms with Gasteiger partial charge in [-0.05, 0) is 48.9 Å². The van der Waals surface area contributed by atoms with Gasteiger partial charge in [0.05, 0.1) is 18.8 Å². The maximum atomic E-state index is 11.2. The third-order valence-corrected chi connectivity index (χ3v) is 4.76. The minimum Gasteiger partial charge on any atom is -0.492 e. The zero-order chi connectivity index (χ0) is 20.7. The van der Waals surface area contributed by atoms with E-state index in [1.54, 1.807) is 36.4 Å². The molecule has 0 saturated carbocycles. The summed E-state index contributed by atoms with van der Waals surface area (Å²) in [6, 6.07) is 11.7. The van der Waals surface area contributed by atoms with Crippen molar-refractivity contribution >= 4 is 68.8 Å². The van der Waals surface area contributed by atoms with Crippen molar-refractivity contribution in [2.45, 2.75) is 13.0 Å². The van der Waals surface area contributed by atoms with E-state index in [1.165, 1.54) is 0 Å². The molecule has 2 aromatic carbocycles. The summed E-state index contributed by atoms with van der Waals surface area (Å²) in [6.45, 7) is 2.58. The summed E-state index contributed by atoms with van der Waals surface area (Å²) in [7, 11) is -3.30. The topological polar surface area (TPSA) is 106 Å². The first kappa shape index (κ1) is 25.6. The van der Waals surface area contributed by atoms with Crippen molar-refractivity contribution in [1.29, 1.82) is 0 Å². The second-order valence-electron chi connectivity index (χ2n) is 6.05. The molecule has 1 atom stereocenters. The van der Waals surface area contributed by atoms with Crippen LogP contribution >= 0.6 is 47.2 Å². The molecule has 160 valence electrons. The minimum atomic E-state index is -3.30. The van der Waals surface area contributed by atoms with Crippen molar-refractivity contribution in [3.63, 3.8) is 0 Å². The molecule has 0 fully saturated rings. The van der Waals surface area contributed by atoms with Gasteiger partial charge in [-0.3, -0.25) is 4.72 Å². The Hall–Kier alpha value is -1.43. The fraction of sp³-hybridized carbons (Fsp3) is 0.278. The molecule has 2 rings (SSSR count). The molecule has 0 aromatic heterocycles. The third-order valence-electron chi connectivity index (χ3n) is 3.59. The molecule has 1 unspecified atom stereocenters. The van der Waals surface area contributed by atoms with Crippen molar-refractivity contribution in [2.24, 2.45) is 10.7 Å². The standard InChI is InChI=1S/C18H22Cl2N4O3S.HI/c1-12(16-8-3-13(19)11-17(16)20)23-18(21)22-9-10-27-15-6-4-14(5-7-15)24-28(2,25)26;/h3-8,11-12,24H,9-10H2,1-2H3,(H3,21,22,23);1H. The summed E-state index contributed by atoms with van der Waals surface area (Å²) in [5, 5.41) is 4.19. The summed E-state index contributed by atoms with van der Waals surface area (Å²) in [5.41, 5.74) is 7.23.